The van der Waals surface area contributed by atoms with Crippen molar-refractivity contribution in [2.45, 2.75) is 23.8 Å². The molecule has 29 heavy (non-hydrogen) atoms. The number of ether oxygens (including phenoxy) is 1. The van der Waals surface area contributed by atoms with Gasteiger partial charge in [-0.25, -0.2) is 23.5 Å². The second-order valence-corrected chi connectivity index (χ2v) is 8.77. The molecule has 0 unspecified atom stereocenters. The van der Waals surface area contributed by atoms with Gasteiger partial charge in [0.1, 0.15) is 17.4 Å². The highest BCUT2D eigenvalue weighted by Crippen LogP contribution is 2.28. The summed E-state index contributed by atoms with van der Waals surface area (Å²) < 4.78 is 29.4. The number of rotatable bonds is 5. The van der Waals surface area contributed by atoms with E-state index in [2.05, 4.69) is 27.2 Å². The summed E-state index contributed by atoms with van der Waals surface area (Å²) in [6.45, 7) is 2.02. The molecule has 8 nitrogen and oxygen atoms in total. The minimum absolute atomic E-state index is 0.0228. The normalized spacial score (nSPS) is 16.1. The predicted octanol–water partition coefficient (Wildman–Crippen LogP) is 2.49. The lowest BCUT2D eigenvalue weighted by molar-refractivity contribution is 0.115. The molecular weight excluding hydrogens is 390 g/mol. The number of sulfonamides is 1. The minimum Gasteiger partial charge on any atom is -0.488 e. The number of hydrogen-bond donors (Lipinski definition) is 2. The highest BCUT2D eigenvalue weighted by Gasteiger charge is 2.19. The molecule has 1 aliphatic heterocycles. The molecule has 9 heteroatoms. The van der Waals surface area contributed by atoms with Gasteiger partial charge in [-0.3, -0.25) is 0 Å². The summed E-state index contributed by atoms with van der Waals surface area (Å²) >= 11 is 0. The molecule has 3 aromatic rings. The Morgan fingerprint density at radius 2 is 1.93 bits per heavy atom. The van der Waals surface area contributed by atoms with Crippen molar-refractivity contribution in [2.24, 2.45) is 5.14 Å². The van der Waals surface area contributed by atoms with Gasteiger partial charge in [-0.15, -0.1) is 0 Å². The van der Waals surface area contributed by atoms with E-state index in [0.717, 1.165) is 37.1 Å². The van der Waals surface area contributed by atoms with Crippen molar-refractivity contribution in [3.63, 3.8) is 0 Å². The number of nitrogens with zero attached hydrogens (tertiary/aromatic N) is 3. The van der Waals surface area contributed by atoms with Crippen molar-refractivity contribution in [3.05, 3.63) is 48.7 Å². The highest BCUT2D eigenvalue weighted by molar-refractivity contribution is 7.89. The fraction of sp³-hybridized carbons (Fsp3) is 0.300. The quantitative estimate of drug-likeness (QED) is 0.661. The van der Waals surface area contributed by atoms with Crippen LogP contribution >= 0.6 is 0 Å². The number of fused-ring (bicyclic) bond motifs is 1. The van der Waals surface area contributed by atoms with E-state index in [0.29, 0.717) is 17.2 Å². The standard InChI is InChI=1S/C20H23N5O3S/c1-25-10-8-16(9-11-25)28-18-7-2-4-14-13-22-20(24-19(14)18)23-15-5-3-6-17(12-15)29(21,26)27/h2-7,12-13,16H,8-11H2,1H3,(H2,21,26,27)(H,22,23,24). The Morgan fingerprint density at radius 1 is 1.17 bits per heavy atom. The molecule has 4 rings (SSSR count). The zero-order valence-corrected chi connectivity index (χ0v) is 16.9. The zero-order chi connectivity index (χ0) is 20.4. The Kier molecular flexibility index (Phi) is 5.35. The molecule has 1 fully saturated rings. The fourth-order valence-electron chi connectivity index (χ4n) is 3.35. The first-order valence-corrected chi connectivity index (χ1v) is 10.9. The Bertz CT molecular complexity index is 1130. The second kappa shape index (κ2) is 7.94. The number of anilines is 2. The third kappa shape index (κ3) is 4.64. The Hall–Kier alpha value is -2.75. The molecule has 0 amide bonds. The van der Waals surface area contributed by atoms with Gasteiger partial charge in [-0.05, 0) is 44.2 Å². The maximum absolute atomic E-state index is 11.6. The molecule has 0 bridgehead atoms. The number of nitrogens with one attached hydrogen (secondary N) is 1. The van der Waals surface area contributed by atoms with Gasteiger partial charge in [0, 0.05) is 30.4 Å². The smallest absolute Gasteiger partial charge is 0.238 e. The number of para-hydroxylation sites is 1. The molecule has 1 saturated heterocycles. The van der Waals surface area contributed by atoms with E-state index >= 15 is 0 Å². The largest absolute Gasteiger partial charge is 0.488 e. The van der Waals surface area contributed by atoms with Crippen LogP contribution in [-0.4, -0.2) is 49.5 Å². The van der Waals surface area contributed by atoms with Crippen LogP contribution in [0.3, 0.4) is 0 Å². The summed E-state index contributed by atoms with van der Waals surface area (Å²) in [6, 6.07) is 12.0. The van der Waals surface area contributed by atoms with Crippen LogP contribution in [0.2, 0.25) is 0 Å². The van der Waals surface area contributed by atoms with Crippen molar-refractivity contribution >= 4 is 32.6 Å². The molecule has 1 aromatic heterocycles. The summed E-state index contributed by atoms with van der Waals surface area (Å²) in [7, 11) is -1.67. The molecular formula is C20H23N5O3S. The summed E-state index contributed by atoms with van der Waals surface area (Å²) in [5.74, 6) is 1.07. The van der Waals surface area contributed by atoms with Gasteiger partial charge in [0.25, 0.3) is 0 Å². The minimum atomic E-state index is -3.78. The van der Waals surface area contributed by atoms with E-state index in [4.69, 9.17) is 9.88 Å². The van der Waals surface area contributed by atoms with Crippen molar-refractivity contribution in [1.29, 1.82) is 0 Å². The van der Waals surface area contributed by atoms with E-state index in [1.165, 1.54) is 12.1 Å². The van der Waals surface area contributed by atoms with Crippen molar-refractivity contribution < 1.29 is 13.2 Å². The van der Waals surface area contributed by atoms with Gasteiger partial charge in [0.15, 0.2) is 0 Å². The number of nitrogens with two attached hydrogens (primary N) is 1. The van der Waals surface area contributed by atoms with Crippen molar-refractivity contribution in [2.75, 3.05) is 25.5 Å². The van der Waals surface area contributed by atoms with Gasteiger partial charge >= 0.3 is 0 Å². The monoisotopic (exact) mass is 413 g/mol. The van der Waals surface area contributed by atoms with Gasteiger partial charge < -0.3 is 15.0 Å². The summed E-state index contributed by atoms with van der Waals surface area (Å²) in [5, 5.41) is 9.12. The Morgan fingerprint density at radius 3 is 2.69 bits per heavy atom. The SMILES string of the molecule is CN1CCC(Oc2cccc3cnc(Nc4cccc(S(N)(=O)=O)c4)nc23)CC1. The van der Waals surface area contributed by atoms with E-state index in [1.807, 2.05) is 18.2 Å². The summed E-state index contributed by atoms with van der Waals surface area (Å²) in [6.07, 6.45) is 3.83. The van der Waals surface area contributed by atoms with Crippen LogP contribution in [0.25, 0.3) is 10.9 Å². The Labute approximate surface area is 169 Å². The predicted molar refractivity (Wildman–Crippen MR) is 112 cm³/mol. The number of benzene rings is 2. The highest BCUT2D eigenvalue weighted by atomic mass is 32.2. The average molecular weight is 414 g/mol. The van der Waals surface area contributed by atoms with Crippen molar-refractivity contribution in [3.8, 4) is 5.75 Å². The van der Waals surface area contributed by atoms with Crippen LogP contribution in [0, 0.1) is 0 Å². The molecule has 0 saturated carbocycles. The van der Waals surface area contributed by atoms with E-state index in [-0.39, 0.29) is 11.0 Å². The maximum Gasteiger partial charge on any atom is 0.238 e. The molecule has 0 spiro atoms. The number of hydrogen-bond acceptors (Lipinski definition) is 7. The number of likely N-dealkylation sites (tertiary alicyclic amines) is 1. The number of aromatic nitrogens is 2. The lowest BCUT2D eigenvalue weighted by atomic mass is 10.1. The van der Waals surface area contributed by atoms with Crippen LogP contribution < -0.4 is 15.2 Å². The zero-order valence-electron chi connectivity index (χ0n) is 16.1. The Balaban J connectivity index is 1.60. The van der Waals surface area contributed by atoms with Gasteiger partial charge in [-0.2, -0.15) is 0 Å². The van der Waals surface area contributed by atoms with Gasteiger partial charge in [0.2, 0.25) is 16.0 Å². The molecule has 0 aliphatic carbocycles. The number of piperidine rings is 1. The molecule has 3 N–H and O–H groups in total. The van der Waals surface area contributed by atoms with Gasteiger partial charge in [0.05, 0.1) is 4.90 Å². The van der Waals surface area contributed by atoms with Crippen molar-refractivity contribution in [1.82, 2.24) is 14.9 Å². The first-order chi connectivity index (χ1) is 13.9. The second-order valence-electron chi connectivity index (χ2n) is 7.21. The molecule has 1 aliphatic rings. The molecule has 0 radical (unpaired) electrons. The molecule has 152 valence electrons. The third-order valence-corrected chi connectivity index (χ3v) is 5.86. The van der Waals surface area contributed by atoms with Crippen LogP contribution in [0.1, 0.15) is 12.8 Å². The molecule has 2 aromatic carbocycles. The fourth-order valence-corrected chi connectivity index (χ4v) is 3.91. The van der Waals surface area contributed by atoms with Crippen LogP contribution in [0.15, 0.2) is 53.6 Å². The van der Waals surface area contributed by atoms with E-state index in [9.17, 15) is 8.42 Å². The maximum atomic E-state index is 11.6. The van der Waals surface area contributed by atoms with Crippen LogP contribution in [0.5, 0.6) is 5.75 Å². The number of primary sulfonamides is 1. The third-order valence-electron chi connectivity index (χ3n) is 4.95. The lowest BCUT2D eigenvalue weighted by Gasteiger charge is -2.29. The molecule has 0 atom stereocenters. The van der Waals surface area contributed by atoms with Gasteiger partial charge in [-0.1, -0.05) is 18.2 Å². The lowest BCUT2D eigenvalue weighted by Crippen LogP contribution is -2.35. The summed E-state index contributed by atoms with van der Waals surface area (Å²) in [5.41, 5.74) is 1.25. The van der Waals surface area contributed by atoms with Crippen LogP contribution in [-0.2, 0) is 10.0 Å². The average Bonchev–Trinajstić information content (AvgIpc) is 2.70. The summed E-state index contributed by atoms with van der Waals surface area (Å²) in [4.78, 5) is 11.2. The van der Waals surface area contributed by atoms with E-state index < -0.39 is 10.0 Å². The first-order valence-electron chi connectivity index (χ1n) is 9.39. The first kappa shape index (κ1) is 19.6. The molecule has 2 heterocycles. The van der Waals surface area contributed by atoms with E-state index in [1.54, 1.807) is 18.3 Å². The topological polar surface area (TPSA) is 110 Å². The van der Waals surface area contributed by atoms with Crippen LogP contribution in [0.4, 0.5) is 11.6 Å².